The number of methoxy groups -OCH3 is 1. The number of hydrogen-bond acceptors (Lipinski definition) is 6. The number of benzene rings is 2. The lowest BCUT2D eigenvalue weighted by atomic mass is 10.0. The van der Waals surface area contributed by atoms with Gasteiger partial charge in [0.2, 0.25) is 5.91 Å². The zero-order chi connectivity index (χ0) is 28.4. The summed E-state index contributed by atoms with van der Waals surface area (Å²) in [5, 5.41) is 2.43. The summed E-state index contributed by atoms with van der Waals surface area (Å²) < 4.78 is 62.1. The van der Waals surface area contributed by atoms with E-state index in [0.717, 1.165) is 29.3 Å². The quantitative estimate of drug-likeness (QED) is 0.387. The number of halogens is 2. The summed E-state index contributed by atoms with van der Waals surface area (Å²) in [5.41, 5.74) is 1.37. The number of ether oxygens (including phenoxy) is 1. The molecule has 3 aromatic rings. The zero-order valence-corrected chi connectivity index (χ0v) is 23.8. The minimum absolute atomic E-state index is 0. The normalized spacial score (nSPS) is 14.9. The number of anilines is 2. The number of nitrogens with zero attached hydrogens (tertiary/aromatic N) is 3. The maximum Gasteiger partial charge on any atom is 0.330 e. The number of hydrogen-bond donors (Lipinski definition) is 2. The molecule has 2 N–H and O–H groups in total. The van der Waals surface area contributed by atoms with Gasteiger partial charge in [-0.2, -0.15) is 21.9 Å². The number of rotatable bonds is 9. The molecule has 1 saturated carbocycles. The molecule has 1 aromatic heterocycles. The first-order chi connectivity index (χ1) is 19.1. The van der Waals surface area contributed by atoms with Crippen molar-refractivity contribution in [3.05, 3.63) is 83.6 Å². The monoisotopic (exact) mass is 605 g/mol. The molecule has 0 saturated heterocycles. The van der Waals surface area contributed by atoms with E-state index in [0.29, 0.717) is 29.5 Å². The second kappa shape index (κ2) is 12.3. The highest BCUT2D eigenvalue weighted by Gasteiger charge is 2.39. The highest BCUT2D eigenvalue weighted by Crippen LogP contribution is 2.33. The van der Waals surface area contributed by atoms with Crippen LogP contribution in [0.3, 0.4) is 0 Å². The van der Waals surface area contributed by atoms with Crippen molar-refractivity contribution in [3.8, 4) is 5.75 Å². The number of amides is 3. The van der Waals surface area contributed by atoms with Crippen LogP contribution in [-0.4, -0.2) is 51.1 Å². The standard InChI is InChI=1S/C27H27F2N5O5S.H2S/c1-39-23-8-6-22(7-9-23)34(21-4-5-21)26(35)24(15-17-13-19(28)16-20(29)14-17)31-27(36)32-40(37,38)33-12-10-18-3-2-11-30-25(18)33;/h2-3,6-9,11,13-14,16,21,24H,4-5,10,12,15H2,1H3,(H2,31,32,36);1H2/t24-;/m0./s1. The lowest BCUT2D eigenvalue weighted by Gasteiger charge is -2.29. The van der Waals surface area contributed by atoms with Gasteiger partial charge in [-0.15, -0.1) is 0 Å². The lowest BCUT2D eigenvalue weighted by molar-refractivity contribution is -0.120. The van der Waals surface area contributed by atoms with Gasteiger partial charge >= 0.3 is 16.2 Å². The molecule has 0 bridgehead atoms. The number of nitrogens with one attached hydrogen (secondary N) is 2. The molecule has 0 unspecified atom stereocenters. The molecular formula is C27H29F2N5O5S2. The van der Waals surface area contributed by atoms with Gasteiger partial charge in [-0.3, -0.25) is 4.79 Å². The first-order valence-electron chi connectivity index (χ1n) is 12.6. The Morgan fingerprint density at radius 2 is 1.80 bits per heavy atom. The van der Waals surface area contributed by atoms with Crippen LogP contribution in [0.1, 0.15) is 24.0 Å². The Hall–Kier alpha value is -3.91. The van der Waals surface area contributed by atoms with Crippen LogP contribution < -0.4 is 24.0 Å². The Labute approximate surface area is 243 Å². The molecular weight excluding hydrogens is 576 g/mol. The number of pyridine rings is 1. The number of urea groups is 1. The molecule has 41 heavy (non-hydrogen) atoms. The molecule has 1 aliphatic carbocycles. The third-order valence-electron chi connectivity index (χ3n) is 6.67. The number of fused-ring (bicyclic) bond motifs is 1. The van der Waals surface area contributed by atoms with E-state index >= 15 is 0 Å². The van der Waals surface area contributed by atoms with E-state index in [1.807, 2.05) is 4.72 Å². The van der Waals surface area contributed by atoms with E-state index in [-0.39, 0.29) is 43.9 Å². The van der Waals surface area contributed by atoms with Gasteiger partial charge in [-0.1, -0.05) is 6.07 Å². The Morgan fingerprint density at radius 3 is 2.44 bits per heavy atom. The van der Waals surface area contributed by atoms with Crippen molar-refractivity contribution in [1.29, 1.82) is 0 Å². The molecule has 5 rings (SSSR count). The molecule has 2 aromatic carbocycles. The van der Waals surface area contributed by atoms with Crippen LogP contribution in [0.2, 0.25) is 0 Å². The fourth-order valence-electron chi connectivity index (χ4n) is 4.70. The summed E-state index contributed by atoms with van der Waals surface area (Å²) in [6.45, 7) is 0.0901. The maximum atomic E-state index is 14.0. The van der Waals surface area contributed by atoms with Crippen LogP contribution in [-0.2, 0) is 27.8 Å². The summed E-state index contributed by atoms with van der Waals surface area (Å²) in [4.78, 5) is 32.5. The minimum Gasteiger partial charge on any atom is -0.497 e. The molecule has 218 valence electrons. The van der Waals surface area contributed by atoms with Crippen LogP contribution in [0.4, 0.5) is 25.1 Å². The van der Waals surface area contributed by atoms with Crippen LogP contribution in [0.25, 0.3) is 0 Å². The molecule has 1 aliphatic heterocycles. The van der Waals surface area contributed by atoms with Gasteiger partial charge in [0.25, 0.3) is 0 Å². The summed E-state index contributed by atoms with van der Waals surface area (Å²) in [5.74, 6) is -1.45. The lowest BCUT2D eigenvalue weighted by Crippen LogP contribution is -2.55. The molecule has 10 nitrogen and oxygen atoms in total. The van der Waals surface area contributed by atoms with Gasteiger partial charge in [0, 0.05) is 37.0 Å². The van der Waals surface area contributed by atoms with E-state index < -0.39 is 39.8 Å². The predicted molar refractivity (Wildman–Crippen MR) is 154 cm³/mol. The van der Waals surface area contributed by atoms with Gasteiger partial charge in [0.1, 0.15) is 29.2 Å². The van der Waals surface area contributed by atoms with Crippen molar-refractivity contribution in [3.63, 3.8) is 0 Å². The second-order valence-corrected chi connectivity index (χ2v) is 11.2. The van der Waals surface area contributed by atoms with Crippen LogP contribution in [0, 0.1) is 11.6 Å². The van der Waals surface area contributed by atoms with Crippen molar-refractivity contribution < 1.29 is 31.5 Å². The average molecular weight is 606 g/mol. The first kappa shape index (κ1) is 30.1. The van der Waals surface area contributed by atoms with Gasteiger partial charge in [0.15, 0.2) is 0 Å². The molecule has 0 spiro atoms. The Balaban J connectivity index is 0.00000387. The van der Waals surface area contributed by atoms with Gasteiger partial charge in [-0.05, 0) is 72.9 Å². The molecule has 3 amide bonds. The summed E-state index contributed by atoms with van der Waals surface area (Å²) >= 11 is 0. The SMILES string of the molecule is COc1ccc(N(C(=O)[C@H](Cc2cc(F)cc(F)c2)NC(=O)NS(=O)(=O)N2CCc3cccnc32)C2CC2)cc1.S. The highest BCUT2D eigenvalue weighted by atomic mass is 32.2. The third-order valence-corrected chi connectivity index (χ3v) is 8.04. The summed E-state index contributed by atoms with van der Waals surface area (Å²) in [6.07, 6.45) is 3.04. The predicted octanol–water partition coefficient (Wildman–Crippen LogP) is 3.19. The van der Waals surface area contributed by atoms with E-state index in [2.05, 4.69) is 10.3 Å². The number of carbonyl (C=O) groups is 2. The van der Waals surface area contributed by atoms with Crippen LogP contribution in [0.5, 0.6) is 5.75 Å². The number of aromatic nitrogens is 1. The van der Waals surface area contributed by atoms with Crippen molar-refractivity contribution in [1.82, 2.24) is 15.0 Å². The first-order valence-corrected chi connectivity index (χ1v) is 14.1. The maximum absolute atomic E-state index is 14.0. The summed E-state index contributed by atoms with van der Waals surface area (Å²) in [7, 11) is -2.85. The molecule has 2 heterocycles. The van der Waals surface area contributed by atoms with Crippen molar-refractivity contribution in [2.45, 2.75) is 37.8 Å². The fraction of sp³-hybridized carbons (Fsp3) is 0.296. The van der Waals surface area contributed by atoms with E-state index in [4.69, 9.17) is 4.74 Å². The summed E-state index contributed by atoms with van der Waals surface area (Å²) in [6, 6.07) is 10.3. The zero-order valence-electron chi connectivity index (χ0n) is 22.0. The van der Waals surface area contributed by atoms with Gasteiger partial charge < -0.3 is 15.0 Å². The van der Waals surface area contributed by atoms with Crippen LogP contribution >= 0.6 is 13.5 Å². The van der Waals surface area contributed by atoms with Gasteiger partial charge in [0.05, 0.1) is 7.11 Å². The van der Waals surface area contributed by atoms with Crippen molar-refractivity contribution >= 4 is 47.1 Å². The van der Waals surface area contributed by atoms with Gasteiger partial charge in [-0.25, -0.2) is 27.6 Å². The van der Waals surface area contributed by atoms with E-state index in [9.17, 15) is 26.8 Å². The Morgan fingerprint density at radius 1 is 1.12 bits per heavy atom. The minimum atomic E-state index is -4.36. The van der Waals surface area contributed by atoms with Crippen molar-refractivity contribution in [2.24, 2.45) is 0 Å². The van der Waals surface area contributed by atoms with Crippen molar-refractivity contribution in [2.75, 3.05) is 22.9 Å². The largest absolute Gasteiger partial charge is 0.497 e. The third kappa shape index (κ3) is 6.88. The fourth-order valence-corrected chi connectivity index (χ4v) is 5.82. The topological polar surface area (TPSA) is 121 Å². The molecule has 0 radical (unpaired) electrons. The smallest absolute Gasteiger partial charge is 0.330 e. The van der Waals surface area contributed by atoms with Crippen LogP contribution in [0.15, 0.2) is 60.8 Å². The molecule has 1 fully saturated rings. The Kier molecular flexibility index (Phi) is 9.02. The van der Waals surface area contributed by atoms with E-state index in [1.165, 1.54) is 18.2 Å². The second-order valence-electron chi connectivity index (χ2n) is 9.56. The molecule has 2 aliphatic rings. The van der Waals surface area contributed by atoms with E-state index in [1.54, 1.807) is 36.4 Å². The highest BCUT2D eigenvalue weighted by molar-refractivity contribution is 7.91. The number of carbonyl (C=O) groups excluding carboxylic acids is 2. The molecule has 1 atom stereocenters. The molecule has 14 heteroatoms. The Bertz CT molecular complexity index is 1520. The average Bonchev–Trinajstić information content (AvgIpc) is 3.64.